The van der Waals surface area contributed by atoms with Gasteiger partial charge >= 0.3 is 0 Å². The van der Waals surface area contributed by atoms with Crippen molar-refractivity contribution in [1.29, 1.82) is 0 Å². The molecule has 0 fully saturated rings. The molecule has 0 saturated heterocycles. The molecule has 0 unspecified atom stereocenters. The van der Waals surface area contributed by atoms with Crippen LogP contribution in [0.5, 0.6) is 5.75 Å². The maximum atomic E-state index is 12.3. The SMILES string of the molecule is C=CCOc1cccc(NC(=O)[C@H](C)SCc2ccccc2)c1. The van der Waals surface area contributed by atoms with Gasteiger partial charge in [0.05, 0.1) is 5.25 Å². The van der Waals surface area contributed by atoms with Crippen molar-refractivity contribution < 1.29 is 9.53 Å². The van der Waals surface area contributed by atoms with Crippen molar-refractivity contribution in [2.24, 2.45) is 0 Å². The molecule has 4 heteroatoms. The zero-order chi connectivity index (χ0) is 16.5. The Balaban J connectivity index is 1.86. The van der Waals surface area contributed by atoms with Crippen molar-refractivity contribution in [3.05, 3.63) is 72.8 Å². The van der Waals surface area contributed by atoms with E-state index < -0.39 is 0 Å². The zero-order valence-corrected chi connectivity index (χ0v) is 14.0. The highest BCUT2D eigenvalue weighted by Gasteiger charge is 2.13. The topological polar surface area (TPSA) is 38.3 Å². The number of carbonyl (C=O) groups excluding carboxylic acids is 1. The quantitative estimate of drug-likeness (QED) is 0.725. The van der Waals surface area contributed by atoms with Gasteiger partial charge in [0.25, 0.3) is 0 Å². The number of thioether (sulfide) groups is 1. The van der Waals surface area contributed by atoms with Gasteiger partial charge in [-0.15, -0.1) is 11.8 Å². The van der Waals surface area contributed by atoms with Crippen molar-refractivity contribution in [1.82, 2.24) is 0 Å². The molecule has 0 aromatic heterocycles. The van der Waals surface area contributed by atoms with Crippen molar-refractivity contribution in [3.63, 3.8) is 0 Å². The van der Waals surface area contributed by atoms with Crippen LogP contribution in [-0.2, 0) is 10.5 Å². The van der Waals surface area contributed by atoms with E-state index in [9.17, 15) is 4.79 Å². The summed E-state index contributed by atoms with van der Waals surface area (Å²) >= 11 is 1.62. The first kappa shape index (κ1) is 17.2. The molecule has 0 aliphatic rings. The van der Waals surface area contributed by atoms with Crippen LogP contribution in [-0.4, -0.2) is 17.8 Å². The summed E-state index contributed by atoms with van der Waals surface area (Å²) in [6.07, 6.45) is 1.69. The molecular weight excluding hydrogens is 306 g/mol. The number of nitrogens with one attached hydrogen (secondary N) is 1. The summed E-state index contributed by atoms with van der Waals surface area (Å²) in [5, 5.41) is 2.80. The fraction of sp³-hybridized carbons (Fsp3) is 0.211. The Morgan fingerprint density at radius 2 is 2.04 bits per heavy atom. The molecule has 0 aliphatic heterocycles. The molecule has 1 atom stereocenters. The zero-order valence-electron chi connectivity index (χ0n) is 13.2. The van der Waals surface area contributed by atoms with E-state index in [2.05, 4.69) is 24.0 Å². The number of amides is 1. The standard InChI is InChI=1S/C19H21NO2S/c1-3-12-22-18-11-7-10-17(13-18)20-19(21)15(2)23-14-16-8-5-4-6-9-16/h3-11,13,15H,1,12,14H2,2H3,(H,20,21)/t15-/m0/s1. The van der Waals surface area contributed by atoms with Gasteiger partial charge in [0.1, 0.15) is 12.4 Å². The number of ether oxygens (including phenoxy) is 1. The van der Waals surface area contributed by atoms with Crippen molar-refractivity contribution >= 4 is 23.4 Å². The Kier molecular flexibility index (Phi) is 6.76. The molecule has 0 bridgehead atoms. The van der Waals surface area contributed by atoms with Gasteiger partial charge in [-0.05, 0) is 24.6 Å². The van der Waals surface area contributed by atoms with Crippen molar-refractivity contribution in [2.75, 3.05) is 11.9 Å². The molecule has 1 amide bonds. The number of hydrogen-bond donors (Lipinski definition) is 1. The minimum Gasteiger partial charge on any atom is -0.489 e. The van der Waals surface area contributed by atoms with Gasteiger partial charge in [-0.2, -0.15) is 0 Å². The van der Waals surface area contributed by atoms with E-state index >= 15 is 0 Å². The third kappa shape index (κ3) is 5.83. The summed E-state index contributed by atoms with van der Waals surface area (Å²) in [4.78, 5) is 12.3. The predicted octanol–water partition coefficient (Wildman–Crippen LogP) is 4.51. The second-order valence-electron chi connectivity index (χ2n) is 5.06. The van der Waals surface area contributed by atoms with Gasteiger partial charge in [0.2, 0.25) is 5.91 Å². The van der Waals surface area contributed by atoms with Crippen LogP contribution in [0.15, 0.2) is 67.3 Å². The predicted molar refractivity (Wildman–Crippen MR) is 98.0 cm³/mol. The molecule has 0 saturated carbocycles. The molecule has 120 valence electrons. The summed E-state index contributed by atoms with van der Waals surface area (Å²) in [5.74, 6) is 1.52. The van der Waals surface area contributed by atoms with Gasteiger partial charge < -0.3 is 10.1 Å². The maximum absolute atomic E-state index is 12.3. The third-order valence-corrected chi connectivity index (χ3v) is 4.40. The summed E-state index contributed by atoms with van der Waals surface area (Å²) < 4.78 is 5.47. The van der Waals surface area contributed by atoms with Crippen LogP contribution in [0, 0.1) is 0 Å². The van der Waals surface area contributed by atoms with E-state index in [4.69, 9.17) is 4.74 Å². The highest BCUT2D eigenvalue weighted by atomic mass is 32.2. The fourth-order valence-electron chi connectivity index (χ4n) is 1.93. The second-order valence-corrected chi connectivity index (χ2v) is 6.38. The molecule has 2 aromatic rings. The molecule has 1 N–H and O–H groups in total. The fourth-order valence-corrected chi connectivity index (χ4v) is 2.78. The molecular formula is C19H21NO2S. The lowest BCUT2D eigenvalue weighted by molar-refractivity contribution is -0.115. The van der Waals surface area contributed by atoms with Crippen LogP contribution < -0.4 is 10.1 Å². The second kappa shape index (κ2) is 9.06. The average molecular weight is 327 g/mol. The smallest absolute Gasteiger partial charge is 0.237 e. The molecule has 2 rings (SSSR count). The molecule has 0 spiro atoms. The Morgan fingerprint density at radius 3 is 2.78 bits per heavy atom. The average Bonchev–Trinajstić information content (AvgIpc) is 2.59. The van der Waals surface area contributed by atoms with Gasteiger partial charge in [-0.3, -0.25) is 4.79 Å². The summed E-state index contributed by atoms with van der Waals surface area (Å²) in [6, 6.07) is 17.5. The molecule has 0 aliphatic carbocycles. The van der Waals surface area contributed by atoms with E-state index in [1.54, 1.807) is 17.8 Å². The lowest BCUT2D eigenvalue weighted by Crippen LogP contribution is -2.22. The number of rotatable bonds is 8. The van der Waals surface area contributed by atoms with E-state index in [-0.39, 0.29) is 11.2 Å². The normalized spacial score (nSPS) is 11.5. The highest BCUT2D eigenvalue weighted by Crippen LogP contribution is 2.21. The molecule has 3 nitrogen and oxygen atoms in total. The van der Waals surface area contributed by atoms with Crippen molar-refractivity contribution in [2.45, 2.75) is 17.9 Å². The van der Waals surface area contributed by atoms with Gasteiger partial charge in [-0.25, -0.2) is 0 Å². The molecule has 0 radical (unpaired) electrons. The highest BCUT2D eigenvalue weighted by molar-refractivity contribution is 7.99. The Morgan fingerprint density at radius 1 is 1.26 bits per heavy atom. The Bertz CT molecular complexity index is 643. The number of benzene rings is 2. The molecule has 23 heavy (non-hydrogen) atoms. The van der Waals surface area contributed by atoms with Crippen LogP contribution in [0.3, 0.4) is 0 Å². The van der Waals surface area contributed by atoms with Crippen molar-refractivity contribution in [3.8, 4) is 5.75 Å². The third-order valence-electron chi connectivity index (χ3n) is 3.18. The number of anilines is 1. The first-order valence-corrected chi connectivity index (χ1v) is 8.54. The summed E-state index contributed by atoms with van der Waals surface area (Å²) in [7, 11) is 0. The van der Waals surface area contributed by atoms with Crippen LogP contribution in [0.1, 0.15) is 12.5 Å². The van der Waals surface area contributed by atoms with Crippen LogP contribution in [0.25, 0.3) is 0 Å². The largest absolute Gasteiger partial charge is 0.489 e. The first-order chi connectivity index (χ1) is 11.2. The van der Waals surface area contributed by atoms with Crippen LogP contribution in [0.4, 0.5) is 5.69 Å². The lowest BCUT2D eigenvalue weighted by Gasteiger charge is -2.13. The molecule has 2 aromatic carbocycles. The van der Waals surface area contributed by atoms with Gasteiger partial charge in [0.15, 0.2) is 0 Å². The minimum atomic E-state index is -0.132. The maximum Gasteiger partial charge on any atom is 0.237 e. The Hall–Kier alpha value is -2.20. The first-order valence-electron chi connectivity index (χ1n) is 7.49. The Labute approximate surface area is 141 Å². The van der Waals surface area contributed by atoms with E-state index in [1.165, 1.54) is 5.56 Å². The summed E-state index contributed by atoms with van der Waals surface area (Å²) in [5.41, 5.74) is 1.96. The molecule has 0 heterocycles. The van der Waals surface area contributed by atoms with Gasteiger partial charge in [0, 0.05) is 17.5 Å². The van der Waals surface area contributed by atoms with E-state index in [0.717, 1.165) is 11.4 Å². The summed E-state index contributed by atoms with van der Waals surface area (Å²) in [6.45, 7) is 5.98. The number of carbonyl (C=O) groups is 1. The lowest BCUT2D eigenvalue weighted by atomic mass is 10.2. The minimum absolute atomic E-state index is 0.00759. The van der Waals surface area contributed by atoms with Crippen LogP contribution >= 0.6 is 11.8 Å². The van der Waals surface area contributed by atoms with Gasteiger partial charge in [-0.1, -0.05) is 49.1 Å². The van der Waals surface area contributed by atoms with E-state index in [1.807, 2.05) is 49.4 Å². The van der Waals surface area contributed by atoms with Crippen LogP contribution in [0.2, 0.25) is 0 Å². The van der Waals surface area contributed by atoms with E-state index in [0.29, 0.717) is 12.4 Å². The number of hydrogen-bond acceptors (Lipinski definition) is 3. The monoisotopic (exact) mass is 327 g/mol.